The fourth-order valence-corrected chi connectivity index (χ4v) is 2.56. The molecular formula is C15H21N3O3. The Kier molecular flexibility index (Phi) is 4.77. The number of rotatable bonds is 4. The van der Waals surface area contributed by atoms with Gasteiger partial charge in [0.05, 0.1) is 5.41 Å². The van der Waals surface area contributed by atoms with Crippen LogP contribution in [0.25, 0.3) is 0 Å². The van der Waals surface area contributed by atoms with Crippen LogP contribution in [0.5, 0.6) is 0 Å². The van der Waals surface area contributed by atoms with E-state index in [1.165, 1.54) is 0 Å². The molecule has 21 heavy (non-hydrogen) atoms. The van der Waals surface area contributed by atoms with Crippen LogP contribution in [0, 0.1) is 5.41 Å². The quantitative estimate of drug-likeness (QED) is 0.881. The SMILES string of the molecule is CC1(C(=O)O)CCCN(C(=O)NCCc2cccnc2)C1. The van der Waals surface area contributed by atoms with Crippen LogP contribution in [0.4, 0.5) is 4.79 Å². The number of aliphatic carboxylic acids is 1. The number of carbonyl (C=O) groups excluding carboxylic acids is 1. The zero-order valence-electron chi connectivity index (χ0n) is 12.2. The number of piperidine rings is 1. The highest BCUT2D eigenvalue weighted by Crippen LogP contribution is 2.29. The molecule has 2 rings (SSSR count). The van der Waals surface area contributed by atoms with Gasteiger partial charge in [0.2, 0.25) is 0 Å². The van der Waals surface area contributed by atoms with Crippen molar-refractivity contribution in [3.63, 3.8) is 0 Å². The van der Waals surface area contributed by atoms with Gasteiger partial charge in [0.1, 0.15) is 0 Å². The molecule has 1 unspecified atom stereocenters. The molecule has 0 bridgehead atoms. The van der Waals surface area contributed by atoms with Crippen LogP contribution in [0.2, 0.25) is 0 Å². The number of nitrogens with zero attached hydrogens (tertiary/aromatic N) is 2. The molecule has 2 N–H and O–H groups in total. The summed E-state index contributed by atoms with van der Waals surface area (Å²) >= 11 is 0. The van der Waals surface area contributed by atoms with Crippen LogP contribution >= 0.6 is 0 Å². The van der Waals surface area contributed by atoms with Crippen molar-refractivity contribution in [3.05, 3.63) is 30.1 Å². The van der Waals surface area contributed by atoms with Crippen molar-refractivity contribution < 1.29 is 14.7 Å². The molecule has 2 heterocycles. The summed E-state index contributed by atoms with van der Waals surface area (Å²) in [6, 6.07) is 3.63. The molecule has 114 valence electrons. The predicted octanol–water partition coefficient (Wildman–Crippen LogP) is 1.52. The number of nitrogens with one attached hydrogen (secondary N) is 1. The van der Waals surface area contributed by atoms with Crippen LogP contribution in [0.3, 0.4) is 0 Å². The Morgan fingerprint density at radius 1 is 1.52 bits per heavy atom. The number of pyridine rings is 1. The number of likely N-dealkylation sites (tertiary alicyclic amines) is 1. The maximum Gasteiger partial charge on any atom is 0.317 e. The van der Waals surface area contributed by atoms with Crippen molar-refractivity contribution in [1.82, 2.24) is 15.2 Å². The third-order valence-electron chi connectivity index (χ3n) is 3.91. The number of carboxylic acid groups (broad SMARTS) is 1. The minimum absolute atomic E-state index is 0.189. The normalized spacial score (nSPS) is 21.9. The van der Waals surface area contributed by atoms with Crippen molar-refractivity contribution in [2.24, 2.45) is 5.41 Å². The fourth-order valence-electron chi connectivity index (χ4n) is 2.56. The molecular weight excluding hydrogens is 270 g/mol. The summed E-state index contributed by atoms with van der Waals surface area (Å²) in [4.78, 5) is 29.0. The lowest BCUT2D eigenvalue weighted by Gasteiger charge is -2.37. The van der Waals surface area contributed by atoms with Crippen LogP contribution in [0.1, 0.15) is 25.3 Å². The summed E-state index contributed by atoms with van der Waals surface area (Å²) in [7, 11) is 0. The van der Waals surface area contributed by atoms with E-state index >= 15 is 0 Å². The average molecular weight is 291 g/mol. The molecule has 1 aliphatic rings. The summed E-state index contributed by atoms with van der Waals surface area (Å²) in [5.74, 6) is -0.838. The highest BCUT2D eigenvalue weighted by molar-refractivity contribution is 5.78. The van der Waals surface area contributed by atoms with Gasteiger partial charge < -0.3 is 15.3 Å². The average Bonchev–Trinajstić information content (AvgIpc) is 2.48. The molecule has 6 nitrogen and oxygen atoms in total. The van der Waals surface area contributed by atoms with Gasteiger partial charge in [-0.2, -0.15) is 0 Å². The van der Waals surface area contributed by atoms with E-state index in [4.69, 9.17) is 0 Å². The van der Waals surface area contributed by atoms with Crippen LogP contribution in [0.15, 0.2) is 24.5 Å². The Balaban J connectivity index is 1.82. The van der Waals surface area contributed by atoms with Crippen molar-refractivity contribution in [2.75, 3.05) is 19.6 Å². The van der Waals surface area contributed by atoms with E-state index < -0.39 is 11.4 Å². The minimum Gasteiger partial charge on any atom is -0.481 e. The third-order valence-corrected chi connectivity index (χ3v) is 3.91. The number of amides is 2. The molecule has 0 spiro atoms. The number of aromatic nitrogens is 1. The number of carboxylic acids is 1. The molecule has 6 heteroatoms. The third kappa shape index (κ3) is 3.93. The van der Waals surface area contributed by atoms with E-state index in [1.807, 2.05) is 12.1 Å². The van der Waals surface area contributed by atoms with Crippen molar-refractivity contribution in [2.45, 2.75) is 26.2 Å². The van der Waals surface area contributed by atoms with E-state index in [2.05, 4.69) is 10.3 Å². The van der Waals surface area contributed by atoms with E-state index in [0.717, 1.165) is 12.0 Å². The lowest BCUT2D eigenvalue weighted by Crippen LogP contribution is -2.51. The molecule has 1 aromatic rings. The first-order valence-electron chi connectivity index (χ1n) is 7.16. The smallest absolute Gasteiger partial charge is 0.317 e. The first-order chi connectivity index (χ1) is 10.0. The maximum absolute atomic E-state index is 12.1. The molecule has 1 atom stereocenters. The first kappa shape index (κ1) is 15.3. The number of hydrogen-bond donors (Lipinski definition) is 2. The van der Waals surface area contributed by atoms with Crippen LogP contribution in [-0.2, 0) is 11.2 Å². The summed E-state index contributed by atoms with van der Waals surface area (Å²) < 4.78 is 0. The number of urea groups is 1. The standard InChI is InChI=1S/C15H21N3O3/c1-15(13(19)20)6-3-9-18(11-15)14(21)17-8-5-12-4-2-7-16-10-12/h2,4,7,10H,3,5-6,8-9,11H2,1H3,(H,17,21)(H,19,20). The first-order valence-corrected chi connectivity index (χ1v) is 7.16. The molecule has 0 radical (unpaired) electrons. The van der Waals surface area contributed by atoms with Gasteiger partial charge in [0.25, 0.3) is 0 Å². The largest absolute Gasteiger partial charge is 0.481 e. The van der Waals surface area contributed by atoms with Gasteiger partial charge in [-0.15, -0.1) is 0 Å². The molecule has 1 saturated heterocycles. The highest BCUT2D eigenvalue weighted by Gasteiger charge is 2.39. The zero-order chi connectivity index (χ0) is 15.3. The van der Waals surface area contributed by atoms with Crippen molar-refractivity contribution >= 4 is 12.0 Å². The van der Waals surface area contributed by atoms with Gasteiger partial charge in [0, 0.05) is 32.0 Å². The zero-order valence-corrected chi connectivity index (χ0v) is 12.2. The molecule has 1 fully saturated rings. The highest BCUT2D eigenvalue weighted by atomic mass is 16.4. The van der Waals surface area contributed by atoms with Gasteiger partial charge in [-0.05, 0) is 37.8 Å². The second-order valence-corrected chi connectivity index (χ2v) is 5.73. The van der Waals surface area contributed by atoms with Gasteiger partial charge >= 0.3 is 12.0 Å². The van der Waals surface area contributed by atoms with Gasteiger partial charge in [0.15, 0.2) is 0 Å². The topological polar surface area (TPSA) is 82.5 Å². The molecule has 1 aromatic heterocycles. The monoisotopic (exact) mass is 291 g/mol. The van der Waals surface area contributed by atoms with Crippen LogP contribution in [-0.4, -0.2) is 46.6 Å². The molecule has 2 amide bonds. The Morgan fingerprint density at radius 3 is 3.00 bits per heavy atom. The second kappa shape index (κ2) is 6.56. The van der Waals surface area contributed by atoms with E-state index in [9.17, 15) is 14.7 Å². The molecule has 0 saturated carbocycles. The second-order valence-electron chi connectivity index (χ2n) is 5.73. The fraction of sp³-hybridized carbons (Fsp3) is 0.533. The lowest BCUT2D eigenvalue weighted by molar-refractivity contribution is -0.150. The lowest BCUT2D eigenvalue weighted by atomic mass is 9.82. The maximum atomic E-state index is 12.1. The Bertz CT molecular complexity index is 506. The summed E-state index contributed by atoms with van der Waals surface area (Å²) in [6.45, 7) is 3.10. The Labute approximate surface area is 124 Å². The number of carbonyl (C=O) groups is 2. The van der Waals surface area contributed by atoms with Gasteiger partial charge in [-0.1, -0.05) is 6.07 Å². The van der Waals surface area contributed by atoms with E-state index in [1.54, 1.807) is 24.2 Å². The van der Waals surface area contributed by atoms with Gasteiger partial charge in [-0.3, -0.25) is 9.78 Å². The minimum atomic E-state index is -0.838. The van der Waals surface area contributed by atoms with Gasteiger partial charge in [-0.25, -0.2) is 4.79 Å². The summed E-state index contributed by atoms with van der Waals surface area (Å²) in [6.07, 6.45) is 5.53. The van der Waals surface area contributed by atoms with E-state index in [0.29, 0.717) is 25.9 Å². The Morgan fingerprint density at radius 2 is 2.33 bits per heavy atom. The predicted molar refractivity (Wildman–Crippen MR) is 77.9 cm³/mol. The Hall–Kier alpha value is -2.11. The molecule has 0 aromatic carbocycles. The number of hydrogen-bond acceptors (Lipinski definition) is 3. The summed E-state index contributed by atoms with van der Waals surface area (Å²) in [5, 5.41) is 12.1. The van der Waals surface area contributed by atoms with Crippen molar-refractivity contribution in [1.29, 1.82) is 0 Å². The van der Waals surface area contributed by atoms with Crippen molar-refractivity contribution in [3.8, 4) is 0 Å². The van der Waals surface area contributed by atoms with E-state index in [-0.39, 0.29) is 12.6 Å². The molecule has 0 aliphatic carbocycles. The summed E-state index contributed by atoms with van der Waals surface area (Å²) in [5.41, 5.74) is 0.227. The molecule has 1 aliphatic heterocycles. The van der Waals surface area contributed by atoms with Crippen LogP contribution < -0.4 is 5.32 Å².